The van der Waals surface area contributed by atoms with Crippen LogP contribution in [0.15, 0.2) is 0 Å². The van der Waals surface area contributed by atoms with Gasteiger partial charge in [0.25, 0.3) is 0 Å². The Labute approximate surface area is 763 Å². The molecule has 6 saturated heterocycles. The summed E-state index contributed by atoms with van der Waals surface area (Å²) in [5, 5.41) is 182. The molecule has 0 aromatic rings. The molecule has 6 fully saturated rings. The zero-order valence-electron chi connectivity index (χ0n) is 77.2. The summed E-state index contributed by atoms with van der Waals surface area (Å²) in [7, 11) is -2.59. The van der Waals surface area contributed by atoms with Crippen LogP contribution in [0.4, 0.5) is 0 Å². The number of ether oxygens (including phenoxy) is 12. The molecule has 30 atom stereocenters. The van der Waals surface area contributed by atoms with E-state index in [0.717, 1.165) is 30.1 Å². The fraction of sp³-hybridized carbons (Fsp3) is 0.987. The maximum Gasteiger partial charge on any atom is 0.186 e. The number of thiol groups is 1. The number of aliphatic hydroxyl groups is 19. The Morgan fingerprint density at radius 1 is 0.344 bits per heavy atom. The molecule has 0 radical (unpaired) electrons. The van der Waals surface area contributed by atoms with E-state index < -0.39 is 243 Å². The van der Waals surface area contributed by atoms with E-state index in [2.05, 4.69) is 90.9 Å². The van der Waals surface area contributed by atoms with Crippen LogP contribution in [0.5, 0.6) is 0 Å². The Bertz CT molecular complexity index is 2960. The molecule has 6 aliphatic rings. The minimum Gasteiger partial charge on any atom is -0.394 e. The topological polar surface area (TPSA) is 641 Å². The number of halogens is 1. The number of hydrogen-bond acceptors (Lipinski definition) is 42. The monoisotopic (exact) mass is 2000 g/mol. The minimum absolute atomic E-state index is 0.0284. The van der Waals surface area contributed by atoms with E-state index >= 15 is 0 Å². The summed E-state index contributed by atoms with van der Waals surface area (Å²) in [5.74, 6) is 1.96. The van der Waals surface area contributed by atoms with E-state index in [9.17, 15) is 122 Å². The first kappa shape index (κ1) is 127. The first-order chi connectivity index (χ1) is 56.9. The Kier molecular flexibility index (Phi) is 59.2. The van der Waals surface area contributed by atoms with Gasteiger partial charge in [0.15, 0.2) is 72.4 Å². The van der Waals surface area contributed by atoms with E-state index in [1.54, 1.807) is 32.5 Å². The number of alkyl halides is 1. The Hall–Kier alpha value is -0.230. The molecule has 6 heterocycles. The number of methoxy groups -OCH3 is 6. The number of rotatable bonds is 28. The summed E-state index contributed by atoms with van der Waals surface area (Å²) in [6.07, 6.45) is -31.4. The Morgan fingerprint density at radius 2 is 0.568 bits per heavy atom. The lowest BCUT2D eigenvalue weighted by atomic mass is 9.94. The summed E-state index contributed by atoms with van der Waals surface area (Å²) in [4.78, 5) is 10.5. The zero-order valence-corrected chi connectivity index (χ0v) is 83.8. The molecule has 0 aromatic carbocycles. The molecule has 0 unspecified atom stereocenters. The highest BCUT2D eigenvalue weighted by molar-refractivity contribution is 9.09. The number of hydrogen-bond donors (Lipinski definition) is 21. The summed E-state index contributed by atoms with van der Waals surface area (Å²) in [5.41, 5.74) is 6.00. The van der Waals surface area contributed by atoms with E-state index in [1.807, 2.05) is 41.5 Å². The lowest BCUT2D eigenvalue weighted by Crippen LogP contribution is -2.59. The summed E-state index contributed by atoms with van der Waals surface area (Å²) in [6.45, 7) is 36.0. The average Bonchev–Trinajstić information content (AvgIpc) is 0.800. The number of thioether (sulfide) groups is 2. The van der Waals surface area contributed by atoms with Crippen molar-refractivity contribution < 1.29 is 184 Å². The van der Waals surface area contributed by atoms with Crippen LogP contribution in [-0.4, -0.2) is 429 Å². The number of sulfone groups is 3. The molecule has 752 valence electrons. The molecular weight excluding hydrogens is 1840 g/mol. The number of aliphatic hydroxyl groups excluding tert-OH is 19. The fourth-order valence-electron chi connectivity index (χ4n) is 11.3. The zero-order chi connectivity index (χ0) is 98.0. The van der Waals surface area contributed by atoms with Gasteiger partial charge in [0, 0.05) is 72.0 Å². The lowest BCUT2D eigenvalue weighted by Gasteiger charge is -2.39. The molecule has 46 heteroatoms. The highest BCUT2D eigenvalue weighted by Gasteiger charge is 2.51. The second-order valence-corrected chi connectivity index (χ2v) is 48.3. The van der Waals surface area contributed by atoms with E-state index in [1.165, 1.54) is 60.8 Å². The highest BCUT2D eigenvalue weighted by atomic mass is 79.9. The second kappa shape index (κ2) is 58.4. The highest BCUT2D eigenvalue weighted by Crippen LogP contribution is 2.32. The molecule has 6 rings (SSSR count). The van der Waals surface area contributed by atoms with Gasteiger partial charge in [-0.05, 0) is 91.0 Å². The third-order valence-electron chi connectivity index (χ3n) is 19.7. The first-order valence-electron chi connectivity index (χ1n) is 41.1. The first-order valence-corrected chi connectivity index (χ1v) is 50.5. The van der Waals surface area contributed by atoms with Crippen molar-refractivity contribution >= 4 is 86.7 Å². The maximum absolute atomic E-state index is 12.1. The quantitative estimate of drug-likeness (QED) is 0.0241. The number of carbonyl (C=O) groups excluding carboxylic acids is 1. The minimum atomic E-state index is -3.53. The SMILES string of the molecule is CC(=O)SCCC(C)(C)C.CC(C)(C)CCS.CO[C@H]1O[C@H](CBr)[C@@H](O)[C@H](O)[C@H]1O.CO[C@H]1O[C@H](CO)[C@@H](O)[C@H](O)[C@H]1O.CO[C@H]1O[C@H](CS(=O)(=O)CCC(C)(C)C)[C@@H](O)[C@H](O)[C@H]1O.CO[C@H]1O[C@H](CS(=O)(=O)CCC(C)(C)C)[C@@H](O)[C@H](O)[C@H]1O.CO[C@H]1O[C@H](CS(=O)(=O)CCC(C)(C)N)[C@@H](O)[C@H](O)[C@H]1O.CO[C@H]1O[C@H](CSCCC(C)(C)C)[C@@H](O)[C@H](O)[C@H]1O. The van der Waals surface area contributed by atoms with Crippen molar-refractivity contribution in [3.63, 3.8) is 0 Å². The van der Waals surface area contributed by atoms with Crippen LogP contribution < -0.4 is 5.73 Å². The Balaban J connectivity index is 0. The molecule has 0 aromatic heterocycles. The predicted molar refractivity (Wildman–Crippen MR) is 477 cm³/mol. The van der Waals surface area contributed by atoms with Gasteiger partial charge in [0.2, 0.25) is 0 Å². The van der Waals surface area contributed by atoms with Gasteiger partial charge in [-0.1, -0.05) is 132 Å². The van der Waals surface area contributed by atoms with E-state index in [0.29, 0.717) is 34.8 Å². The molecule has 0 aliphatic carbocycles. The molecule has 21 N–H and O–H groups in total. The molecule has 6 aliphatic heterocycles. The predicted octanol–water partition coefficient (Wildman–Crippen LogP) is -1.50. The summed E-state index contributed by atoms with van der Waals surface area (Å²) >= 11 is 10.3. The smallest absolute Gasteiger partial charge is 0.186 e. The van der Waals surface area contributed by atoms with Crippen molar-refractivity contribution in [3.05, 3.63) is 0 Å². The molecule has 0 bridgehead atoms. The standard InChI is InChI=1S/2C13H26O7S.C13H26O5S.C12H25NO7S.C8H16OS.C7H13BrO5.C7H14O6.C6H14S/c2*1-13(2,3)5-6-21(17,18)7-8-9(14)10(15)11(16)12(19-4)20-8;1-13(2,3)5-6-19-7-8-9(14)10(15)11(16)12(17-4)18-8;1-12(2,13)4-5-21(17,18)6-7-8(14)9(15)10(16)11(19-3)20-7;1-7(9)10-6-5-8(2,3)4;2*1-12-7-6(11)5(10)4(9)3(2-8)13-7;1-6(2,3)4-5-7/h2*8-12,14-16H,5-7H2,1-4H3;8-12,14-16H,5-7H2,1-4H3;7-11,14-16H,4-6,13H2,1-3H3;5-6H2,1-4H3;3-7,9-11H,2H2,1H3;3-11H,2H2,1H3;7H,4-5H2,1-3H3/t3*8-,9-,10+,11-,12+;7-,8-,9+,10-,11+;;2*3-,4-,5+,6-,7+;/m1111.11./s1. The van der Waals surface area contributed by atoms with Gasteiger partial charge in [0.05, 0.1) is 53.3 Å². The van der Waals surface area contributed by atoms with Crippen LogP contribution in [0.1, 0.15) is 163 Å². The maximum atomic E-state index is 12.1. The number of carbonyl (C=O) groups is 1. The summed E-state index contributed by atoms with van der Waals surface area (Å²) in [6, 6.07) is 0. The van der Waals surface area contributed by atoms with Crippen LogP contribution in [-0.2, 0) is 91.1 Å². The van der Waals surface area contributed by atoms with Gasteiger partial charge in [0.1, 0.15) is 134 Å². The fourth-order valence-corrected chi connectivity index (χ4v) is 20.4. The van der Waals surface area contributed by atoms with Gasteiger partial charge in [-0.15, -0.1) is 0 Å². The second-order valence-electron chi connectivity index (χ2n) is 38.1. The van der Waals surface area contributed by atoms with Crippen LogP contribution in [0, 0.1) is 27.1 Å². The van der Waals surface area contributed by atoms with Crippen LogP contribution in [0.3, 0.4) is 0 Å². The average molecular weight is 2000 g/mol. The van der Waals surface area contributed by atoms with Crippen molar-refractivity contribution in [1.82, 2.24) is 0 Å². The van der Waals surface area contributed by atoms with Crippen LogP contribution in [0.25, 0.3) is 0 Å². The Morgan fingerprint density at radius 3 is 0.792 bits per heavy atom. The van der Waals surface area contributed by atoms with Gasteiger partial charge < -0.3 is 160 Å². The van der Waals surface area contributed by atoms with Gasteiger partial charge in [-0.2, -0.15) is 24.4 Å². The molecule has 0 spiro atoms. The molecule has 39 nitrogen and oxygen atoms in total. The van der Waals surface area contributed by atoms with Gasteiger partial charge in [-0.25, -0.2) is 25.3 Å². The van der Waals surface area contributed by atoms with Gasteiger partial charge >= 0.3 is 0 Å². The molecule has 0 amide bonds. The number of nitrogens with two attached hydrogens (primary N) is 1. The van der Waals surface area contributed by atoms with Gasteiger partial charge in [-0.3, -0.25) is 4.79 Å². The lowest BCUT2D eigenvalue weighted by molar-refractivity contribution is -0.294. The van der Waals surface area contributed by atoms with Crippen molar-refractivity contribution in [2.45, 2.75) is 353 Å². The van der Waals surface area contributed by atoms with Crippen molar-refractivity contribution in [2.24, 2.45) is 32.8 Å². The van der Waals surface area contributed by atoms with Crippen molar-refractivity contribution in [1.29, 1.82) is 0 Å². The third kappa shape index (κ3) is 50.4. The molecule has 125 heavy (non-hydrogen) atoms. The van der Waals surface area contributed by atoms with Crippen LogP contribution in [0.2, 0.25) is 0 Å². The summed E-state index contributed by atoms with van der Waals surface area (Å²) < 4.78 is 133. The third-order valence-corrected chi connectivity index (χ3v) is 27.4. The van der Waals surface area contributed by atoms with E-state index in [-0.39, 0.29) is 45.0 Å². The van der Waals surface area contributed by atoms with Crippen molar-refractivity contribution in [2.75, 3.05) is 112 Å². The van der Waals surface area contributed by atoms with Crippen molar-refractivity contribution in [3.8, 4) is 0 Å². The molecule has 0 saturated carbocycles. The van der Waals surface area contributed by atoms with E-state index in [4.69, 9.17) is 67.7 Å². The molecular formula is C79H160BrNO38S6. The normalized spacial score (nSPS) is 34.4. The van der Waals surface area contributed by atoms with Crippen LogP contribution >= 0.6 is 52.1 Å². The largest absolute Gasteiger partial charge is 0.394 e.